The number of nitrogens with zero attached hydrogens (tertiary/aromatic N) is 2. The maximum atomic E-state index is 13.4. The molecule has 2 rings (SSSR count). The van der Waals surface area contributed by atoms with Crippen LogP contribution in [0.25, 0.3) is 0 Å². The first kappa shape index (κ1) is 10.6. The van der Waals surface area contributed by atoms with E-state index in [0.717, 1.165) is 19.3 Å². The van der Waals surface area contributed by atoms with Crippen LogP contribution in [-0.2, 0) is 7.05 Å². The van der Waals surface area contributed by atoms with Crippen LogP contribution in [-0.4, -0.2) is 22.0 Å². The second-order valence-electron chi connectivity index (χ2n) is 4.41. The van der Waals surface area contributed by atoms with Crippen LogP contribution < -0.4 is 5.73 Å². The van der Waals surface area contributed by atoms with E-state index in [-0.39, 0.29) is 6.04 Å². The van der Waals surface area contributed by atoms with E-state index in [9.17, 15) is 4.39 Å². The minimum absolute atomic E-state index is 0.275. The molecule has 1 fully saturated rings. The molecular formula is C11H18FN3. The molecule has 3 atom stereocenters. The largest absolute Gasteiger partial charge is 0.325 e. The minimum atomic E-state index is -0.830. The average molecular weight is 211 g/mol. The van der Waals surface area contributed by atoms with Crippen molar-refractivity contribution in [3.63, 3.8) is 0 Å². The Kier molecular flexibility index (Phi) is 3.05. The normalized spacial score (nSPS) is 32.6. The number of aromatic nitrogens is 2. The molecule has 84 valence electrons. The van der Waals surface area contributed by atoms with Crippen LogP contribution in [0.15, 0.2) is 12.3 Å². The zero-order valence-corrected chi connectivity index (χ0v) is 9.06. The molecule has 2 N–H and O–H groups in total. The van der Waals surface area contributed by atoms with Gasteiger partial charge in [-0.15, -0.1) is 0 Å². The molecule has 0 radical (unpaired) electrons. The fraction of sp³-hybridized carbons (Fsp3) is 0.727. The average Bonchev–Trinajstić information content (AvgIpc) is 2.57. The summed E-state index contributed by atoms with van der Waals surface area (Å²) in [4.78, 5) is 0. The summed E-state index contributed by atoms with van der Waals surface area (Å²) in [7, 11) is 1.94. The van der Waals surface area contributed by atoms with Gasteiger partial charge in [-0.05, 0) is 31.7 Å². The Bertz CT molecular complexity index is 311. The molecule has 15 heavy (non-hydrogen) atoms. The first-order valence-corrected chi connectivity index (χ1v) is 5.56. The van der Waals surface area contributed by atoms with Gasteiger partial charge in [0.05, 0.1) is 0 Å². The van der Waals surface area contributed by atoms with E-state index >= 15 is 0 Å². The quantitative estimate of drug-likeness (QED) is 0.719. The molecule has 0 amide bonds. The van der Waals surface area contributed by atoms with Crippen molar-refractivity contribution < 1.29 is 4.39 Å². The summed E-state index contributed by atoms with van der Waals surface area (Å²) in [6, 6.07) is 1.75. The molecule has 0 spiro atoms. The molecular weight excluding hydrogens is 193 g/mol. The highest BCUT2D eigenvalue weighted by Gasteiger charge is 2.26. The van der Waals surface area contributed by atoms with Crippen molar-refractivity contribution in [3.8, 4) is 0 Å². The summed E-state index contributed by atoms with van der Waals surface area (Å²) in [6.45, 7) is 0. The van der Waals surface area contributed by atoms with Gasteiger partial charge in [-0.2, -0.15) is 5.10 Å². The molecule has 0 saturated heterocycles. The van der Waals surface area contributed by atoms with Crippen molar-refractivity contribution in [2.45, 2.75) is 43.8 Å². The molecule has 0 bridgehead atoms. The third kappa shape index (κ3) is 2.20. The SMILES string of the molecule is Cn1nccc1C1CC[C@@H](N)[C@@H](F)CC1. The lowest BCUT2D eigenvalue weighted by molar-refractivity contribution is 0.267. The molecule has 0 aliphatic heterocycles. The van der Waals surface area contributed by atoms with Gasteiger partial charge < -0.3 is 5.73 Å². The number of halogens is 1. The number of hydrogen-bond acceptors (Lipinski definition) is 2. The smallest absolute Gasteiger partial charge is 0.115 e. The second kappa shape index (κ2) is 4.31. The van der Waals surface area contributed by atoms with Crippen molar-refractivity contribution in [1.29, 1.82) is 0 Å². The van der Waals surface area contributed by atoms with E-state index in [1.54, 1.807) is 6.20 Å². The van der Waals surface area contributed by atoms with Gasteiger partial charge >= 0.3 is 0 Å². The highest BCUT2D eigenvalue weighted by Crippen LogP contribution is 2.31. The Labute approximate surface area is 89.5 Å². The highest BCUT2D eigenvalue weighted by molar-refractivity contribution is 5.08. The Balaban J connectivity index is 2.09. The number of nitrogens with two attached hydrogens (primary N) is 1. The predicted molar refractivity (Wildman–Crippen MR) is 57.3 cm³/mol. The van der Waals surface area contributed by atoms with E-state index < -0.39 is 6.17 Å². The van der Waals surface area contributed by atoms with Gasteiger partial charge in [-0.3, -0.25) is 4.68 Å². The van der Waals surface area contributed by atoms with Crippen molar-refractivity contribution in [1.82, 2.24) is 9.78 Å². The summed E-state index contributed by atoms with van der Waals surface area (Å²) in [5.74, 6) is 0.421. The Morgan fingerprint density at radius 3 is 2.80 bits per heavy atom. The molecule has 3 nitrogen and oxygen atoms in total. The lowest BCUT2D eigenvalue weighted by atomic mass is 9.96. The fourth-order valence-corrected chi connectivity index (χ4v) is 2.37. The number of hydrogen-bond donors (Lipinski definition) is 1. The van der Waals surface area contributed by atoms with Crippen LogP contribution in [0.3, 0.4) is 0 Å². The molecule has 1 saturated carbocycles. The molecule has 1 unspecified atom stereocenters. The topological polar surface area (TPSA) is 43.8 Å². The van der Waals surface area contributed by atoms with Crippen molar-refractivity contribution >= 4 is 0 Å². The van der Waals surface area contributed by atoms with Crippen molar-refractivity contribution in [3.05, 3.63) is 18.0 Å². The van der Waals surface area contributed by atoms with E-state index in [0.29, 0.717) is 12.3 Å². The third-order valence-electron chi connectivity index (χ3n) is 3.38. The van der Waals surface area contributed by atoms with Gasteiger partial charge in [0.1, 0.15) is 6.17 Å². The first-order valence-electron chi connectivity index (χ1n) is 5.56. The van der Waals surface area contributed by atoms with E-state index in [1.165, 1.54) is 5.69 Å². The van der Waals surface area contributed by atoms with Crippen molar-refractivity contribution in [2.75, 3.05) is 0 Å². The van der Waals surface area contributed by atoms with E-state index in [1.807, 2.05) is 17.8 Å². The monoisotopic (exact) mass is 211 g/mol. The maximum absolute atomic E-state index is 13.4. The molecule has 4 heteroatoms. The fourth-order valence-electron chi connectivity index (χ4n) is 2.37. The van der Waals surface area contributed by atoms with Crippen molar-refractivity contribution in [2.24, 2.45) is 12.8 Å². The number of aryl methyl sites for hydroxylation is 1. The molecule has 1 heterocycles. The van der Waals surface area contributed by atoms with Gasteiger partial charge in [-0.1, -0.05) is 0 Å². The van der Waals surface area contributed by atoms with Crippen LogP contribution in [0.5, 0.6) is 0 Å². The van der Waals surface area contributed by atoms with Crippen LogP contribution in [0.1, 0.15) is 37.3 Å². The summed E-state index contributed by atoms with van der Waals surface area (Å²) < 4.78 is 15.3. The summed E-state index contributed by atoms with van der Waals surface area (Å²) in [5.41, 5.74) is 6.94. The lowest BCUT2D eigenvalue weighted by Gasteiger charge is -2.13. The zero-order valence-electron chi connectivity index (χ0n) is 9.06. The predicted octanol–water partition coefficient (Wildman–Crippen LogP) is 1.74. The molecule has 1 aromatic heterocycles. The van der Waals surface area contributed by atoms with E-state index in [2.05, 4.69) is 5.10 Å². The van der Waals surface area contributed by atoms with Crippen LogP contribution in [0.4, 0.5) is 4.39 Å². The Morgan fingerprint density at radius 2 is 2.13 bits per heavy atom. The number of rotatable bonds is 1. The van der Waals surface area contributed by atoms with Gasteiger partial charge in [0.2, 0.25) is 0 Å². The van der Waals surface area contributed by atoms with Gasteiger partial charge in [0.25, 0.3) is 0 Å². The van der Waals surface area contributed by atoms with Gasteiger partial charge in [-0.25, -0.2) is 4.39 Å². The third-order valence-corrected chi connectivity index (χ3v) is 3.38. The number of alkyl halides is 1. The van der Waals surface area contributed by atoms with Gasteiger partial charge in [0, 0.05) is 30.9 Å². The lowest BCUT2D eigenvalue weighted by Crippen LogP contribution is -2.29. The Hall–Kier alpha value is -0.900. The molecule has 1 aliphatic carbocycles. The maximum Gasteiger partial charge on any atom is 0.115 e. The summed E-state index contributed by atoms with van der Waals surface area (Å²) in [5, 5.41) is 4.15. The van der Waals surface area contributed by atoms with Crippen LogP contribution >= 0.6 is 0 Å². The minimum Gasteiger partial charge on any atom is -0.325 e. The molecule has 1 aromatic rings. The highest BCUT2D eigenvalue weighted by atomic mass is 19.1. The first-order chi connectivity index (χ1) is 7.18. The molecule has 0 aromatic carbocycles. The zero-order chi connectivity index (χ0) is 10.8. The summed E-state index contributed by atoms with van der Waals surface area (Å²) in [6.07, 6.45) is 4.18. The van der Waals surface area contributed by atoms with Gasteiger partial charge in [0.15, 0.2) is 0 Å². The standard InChI is InChI=1S/C11H18FN3/c1-15-11(6-7-14-15)8-2-4-9(12)10(13)5-3-8/h6-10H,2-5,13H2,1H3/t8?,9-,10+/m0/s1. The van der Waals surface area contributed by atoms with E-state index in [4.69, 9.17) is 5.73 Å². The Morgan fingerprint density at radius 1 is 1.40 bits per heavy atom. The summed E-state index contributed by atoms with van der Waals surface area (Å²) >= 11 is 0. The van der Waals surface area contributed by atoms with Crippen LogP contribution in [0.2, 0.25) is 0 Å². The second-order valence-corrected chi connectivity index (χ2v) is 4.41. The van der Waals surface area contributed by atoms with Crippen LogP contribution in [0, 0.1) is 0 Å². The molecule has 1 aliphatic rings.